The van der Waals surface area contributed by atoms with Gasteiger partial charge in [-0.25, -0.2) is 0 Å². The molecule has 0 aromatic carbocycles. The third kappa shape index (κ3) is 13.2. The van der Waals surface area contributed by atoms with Crippen LogP contribution in [0, 0.1) is 124 Å². The molecular formula is C28H36Fe2N2Se2+4. The summed E-state index contributed by atoms with van der Waals surface area (Å²) in [6, 6.07) is 1.00. The van der Waals surface area contributed by atoms with Gasteiger partial charge in [0.15, 0.2) is 0 Å². The monoisotopic (exact) mass is 672 g/mol. The zero-order valence-corrected chi connectivity index (χ0v) is 26.4. The Balaban J connectivity index is 0.000000746. The molecule has 0 unspecified atom stereocenters. The van der Waals surface area contributed by atoms with E-state index in [0.717, 1.165) is 0 Å². The largest absolute Gasteiger partial charge is 2.00 e. The van der Waals surface area contributed by atoms with Crippen molar-refractivity contribution in [2.24, 2.45) is 0 Å². The van der Waals surface area contributed by atoms with Crippen molar-refractivity contribution in [2.75, 3.05) is 28.2 Å². The normalized spacial score (nSPS) is 23.6. The molecule has 20 radical (unpaired) electrons. The Morgan fingerprint density at radius 3 is 0.971 bits per heavy atom. The second kappa shape index (κ2) is 20.9. The molecule has 4 aliphatic rings. The van der Waals surface area contributed by atoms with Crippen LogP contribution in [-0.2, 0) is 34.1 Å². The molecule has 4 aliphatic carbocycles. The van der Waals surface area contributed by atoms with Crippen molar-refractivity contribution >= 4 is 26.3 Å². The standard InChI is InChI=1S/C18H26N2Se2.2C5H5.2Fe/c1-13(19(3)4)15-9-7-11-17(15)21-22-18-12-8-10-16(18)14(2)20(5)6;2*1-2-4-5-3-1;;/h7-14H,1-6H3;2*1-5H;;/q;;;2*+2/t13-,14-;;;;/m1..../s1. The Hall–Kier alpha value is 2.00. The number of hydrogen-bond acceptors (Lipinski definition) is 2. The SMILES string of the molecule is C[C@H]([C]1[CH][CH][CH][C]1[Se][Se][C]1[CH][CH][CH][C]1[C@@H](C)N(C)C)N(C)C.[CH]1[CH][CH][CH][CH]1.[CH]1[CH][CH][CH][CH]1.[Fe+2].[Fe+2]. The molecule has 0 aromatic heterocycles. The van der Waals surface area contributed by atoms with Crippen LogP contribution in [0.2, 0.25) is 0 Å². The molecule has 2 nitrogen and oxygen atoms in total. The van der Waals surface area contributed by atoms with E-state index in [0.29, 0.717) is 38.3 Å². The molecule has 0 aliphatic heterocycles. The molecule has 0 aromatic rings. The van der Waals surface area contributed by atoms with Gasteiger partial charge in [0.2, 0.25) is 0 Å². The fourth-order valence-electron chi connectivity index (χ4n) is 2.96. The van der Waals surface area contributed by atoms with Gasteiger partial charge in [0, 0.05) is 0 Å². The Labute approximate surface area is 246 Å². The third-order valence-electron chi connectivity index (χ3n) is 5.40. The quantitative estimate of drug-likeness (QED) is 0.382. The van der Waals surface area contributed by atoms with Gasteiger partial charge < -0.3 is 0 Å². The fourth-order valence-corrected chi connectivity index (χ4v) is 10.6. The van der Waals surface area contributed by atoms with Crippen molar-refractivity contribution in [3.63, 3.8) is 0 Å². The topological polar surface area (TPSA) is 6.48 Å². The average molecular weight is 670 g/mol. The van der Waals surface area contributed by atoms with Crippen LogP contribution in [0.5, 0.6) is 0 Å². The smallest absolute Gasteiger partial charge is 0.0312 e. The van der Waals surface area contributed by atoms with Crippen molar-refractivity contribution in [3.05, 3.63) is 124 Å². The van der Waals surface area contributed by atoms with Crippen LogP contribution < -0.4 is 0 Å². The van der Waals surface area contributed by atoms with Crippen LogP contribution in [0.25, 0.3) is 0 Å². The molecule has 182 valence electrons. The van der Waals surface area contributed by atoms with Gasteiger partial charge in [0.1, 0.15) is 0 Å². The number of rotatable bonds is 7. The van der Waals surface area contributed by atoms with E-state index in [1.54, 1.807) is 9.63 Å². The minimum atomic E-state index is 0. The summed E-state index contributed by atoms with van der Waals surface area (Å²) in [7, 11) is 8.64. The van der Waals surface area contributed by atoms with Crippen molar-refractivity contribution in [2.45, 2.75) is 25.9 Å². The molecule has 4 saturated carbocycles. The van der Waals surface area contributed by atoms with Gasteiger partial charge in [-0.15, -0.1) is 0 Å². The maximum atomic E-state index is 2.33. The molecule has 0 amide bonds. The van der Waals surface area contributed by atoms with Crippen LogP contribution in [0.3, 0.4) is 0 Å². The van der Waals surface area contributed by atoms with Crippen LogP contribution in [0.1, 0.15) is 13.8 Å². The fraction of sp³-hybridized carbons (Fsp3) is 0.286. The summed E-state index contributed by atoms with van der Waals surface area (Å²) in [4.78, 5) is 7.75. The molecule has 0 saturated heterocycles. The van der Waals surface area contributed by atoms with E-state index < -0.39 is 0 Å². The molecule has 6 heteroatoms. The maximum absolute atomic E-state index is 2.33. The molecule has 4 rings (SSSR count). The summed E-state index contributed by atoms with van der Waals surface area (Å²) in [6.07, 6.45) is 33.7. The Morgan fingerprint density at radius 2 is 0.735 bits per heavy atom. The average Bonchev–Trinajstić information content (AvgIpc) is 3.61. The van der Waals surface area contributed by atoms with E-state index in [1.807, 2.05) is 64.2 Å². The van der Waals surface area contributed by atoms with E-state index in [4.69, 9.17) is 0 Å². The molecule has 0 heterocycles. The van der Waals surface area contributed by atoms with Crippen LogP contribution in [-0.4, -0.2) is 76.3 Å². The minimum Gasteiger partial charge on any atom is -0.0312 e. The van der Waals surface area contributed by atoms with Gasteiger partial charge in [-0.3, -0.25) is 0 Å². The first-order valence-corrected chi connectivity index (χ1v) is 17.0. The molecule has 0 spiro atoms. The van der Waals surface area contributed by atoms with Gasteiger partial charge >= 0.3 is 184 Å². The molecule has 4 fully saturated rings. The van der Waals surface area contributed by atoms with E-state index in [9.17, 15) is 0 Å². The molecule has 2 atom stereocenters. The van der Waals surface area contributed by atoms with E-state index >= 15 is 0 Å². The van der Waals surface area contributed by atoms with Crippen molar-refractivity contribution in [3.8, 4) is 0 Å². The second-order valence-corrected chi connectivity index (χ2v) is 14.2. The van der Waals surface area contributed by atoms with Gasteiger partial charge in [-0.05, 0) is 64.2 Å². The van der Waals surface area contributed by atoms with Crippen molar-refractivity contribution in [1.82, 2.24) is 9.80 Å². The summed E-state index contributed by atoms with van der Waals surface area (Å²) >= 11 is 1.12. The van der Waals surface area contributed by atoms with E-state index in [1.165, 1.54) is 11.8 Å². The minimum absolute atomic E-state index is 0. The number of nitrogens with zero attached hydrogens (tertiary/aromatic N) is 2. The van der Waals surface area contributed by atoms with Gasteiger partial charge in [-0.1, -0.05) is 0 Å². The summed E-state index contributed by atoms with van der Waals surface area (Å²) < 4.78 is 0. The first-order valence-electron chi connectivity index (χ1n) is 10.9. The third-order valence-corrected chi connectivity index (χ3v) is 12.7. The van der Waals surface area contributed by atoms with Gasteiger partial charge in [0.25, 0.3) is 0 Å². The first-order chi connectivity index (χ1) is 15.4. The van der Waals surface area contributed by atoms with Gasteiger partial charge in [-0.2, -0.15) is 0 Å². The second-order valence-electron chi connectivity index (χ2n) is 8.06. The van der Waals surface area contributed by atoms with E-state index in [-0.39, 0.29) is 34.1 Å². The van der Waals surface area contributed by atoms with Gasteiger partial charge in [0.05, 0.1) is 0 Å². The zero-order valence-electron chi connectivity index (χ0n) is 20.8. The summed E-state index contributed by atoms with van der Waals surface area (Å²) in [6.45, 7) is 4.59. The molecule has 0 bridgehead atoms. The summed E-state index contributed by atoms with van der Waals surface area (Å²) in [5.41, 5.74) is 0. The predicted octanol–water partition coefficient (Wildman–Crippen LogP) is 3.71. The predicted molar refractivity (Wildman–Crippen MR) is 140 cm³/mol. The summed E-state index contributed by atoms with van der Waals surface area (Å²) in [5.74, 6) is 3.03. The van der Waals surface area contributed by atoms with E-state index in [2.05, 4.69) is 90.4 Å². The maximum Gasteiger partial charge on any atom is 2.00 e. The molecular weight excluding hydrogens is 634 g/mol. The molecule has 34 heavy (non-hydrogen) atoms. The number of hydrogen-bond donors (Lipinski definition) is 0. The zero-order chi connectivity index (χ0) is 23.3. The first kappa shape index (κ1) is 36.0. The summed E-state index contributed by atoms with van der Waals surface area (Å²) in [5, 5.41) is 0. The van der Waals surface area contributed by atoms with Crippen LogP contribution in [0.4, 0.5) is 0 Å². The molecule has 0 N–H and O–H groups in total. The van der Waals surface area contributed by atoms with Crippen molar-refractivity contribution in [1.29, 1.82) is 0 Å². The van der Waals surface area contributed by atoms with Crippen molar-refractivity contribution < 1.29 is 34.1 Å². The van der Waals surface area contributed by atoms with Crippen LogP contribution in [0.15, 0.2) is 0 Å². The Kier molecular flexibility index (Phi) is 22.1. The Bertz CT molecular complexity index is 416. The van der Waals surface area contributed by atoms with Crippen LogP contribution >= 0.6 is 0 Å². The Morgan fingerprint density at radius 1 is 0.471 bits per heavy atom.